The molecule has 0 spiro atoms. The van der Waals surface area contributed by atoms with Crippen molar-refractivity contribution in [3.8, 4) is 0 Å². The number of aliphatic hydroxyl groups is 1. The highest BCUT2D eigenvalue weighted by Gasteiger charge is 2.22. The number of aliphatic hydroxyl groups excluding tert-OH is 1. The standard InChI is InChI=1S/C7H14O2/c1-5-3-4-7(8)9-6(5)2/h5-8H,3-4H2,1-2H3/t5-,6+,7?/m0/s1. The Labute approximate surface area is 55.8 Å². The lowest BCUT2D eigenvalue weighted by Gasteiger charge is -2.29. The molecule has 0 aromatic carbocycles. The zero-order valence-corrected chi connectivity index (χ0v) is 6.00. The summed E-state index contributed by atoms with van der Waals surface area (Å²) < 4.78 is 5.15. The van der Waals surface area contributed by atoms with Gasteiger partial charge < -0.3 is 9.84 Å². The summed E-state index contributed by atoms with van der Waals surface area (Å²) in [5, 5.41) is 8.98. The molecule has 1 unspecified atom stereocenters. The van der Waals surface area contributed by atoms with E-state index in [2.05, 4.69) is 6.92 Å². The third-order valence-electron chi connectivity index (χ3n) is 2.04. The molecule has 0 radical (unpaired) electrons. The van der Waals surface area contributed by atoms with E-state index in [1.165, 1.54) is 0 Å². The van der Waals surface area contributed by atoms with E-state index in [-0.39, 0.29) is 6.10 Å². The Hall–Kier alpha value is -0.0800. The highest BCUT2D eigenvalue weighted by molar-refractivity contribution is 4.67. The molecule has 1 aliphatic rings. The van der Waals surface area contributed by atoms with Gasteiger partial charge in [0.05, 0.1) is 6.10 Å². The summed E-state index contributed by atoms with van der Waals surface area (Å²) in [4.78, 5) is 0. The van der Waals surface area contributed by atoms with Gasteiger partial charge in [0.15, 0.2) is 6.29 Å². The van der Waals surface area contributed by atoms with Crippen LogP contribution in [0.4, 0.5) is 0 Å². The van der Waals surface area contributed by atoms with Crippen LogP contribution in [-0.4, -0.2) is 17.5 Å². The van der Waals surface area contributed by atoms with E-state index >= 15 is 0 Å². The molecule has 2 heteroatoms. The molecule has 0 amide bonds. The van der Waals surface area contributed by atoms with Gasteiger partial charge in [-0.3, -0.25) is 0 Å². The van der Waals surface area contributed by atoms with Gasteiger partial charge in [0.1, 0.15) is 0 Å². The van der Waals surface area contributed by atoms with Crippen LogP contribution in [0.25, 0.3) is 0 Å². The lowest BCUT2D eigenvalue weighted by molar-refractivity contribution is -0.173. The average molecular weight is 130 g/mol. The molecular formula is C7H14O2. The Bertz CT molecular complexity index is 92.9. The summed E-state index contributed by atoms with van der Waals surface area (Å²) in [6, 6.07) is 0. The van der Waals surface area contributed by atoms with Crippen molar-refractivity contribution in [1.82, 2.24) is 0 Å². The first-order valence-corrected chi connectivity index (χ1v) is 3.53. The van der Waals surface area contributed by atoms with E-state index in [0.29, 0.717) is 5.92 Å². The summed E-state index contributed by atoms with van der Waals surface area (Å²) in [6.07, 6.45) is 1.61. The fourth-order valence-corrected chi connectivity index (χ4v) is 1.09. The lowest BCUT2D eigenvalue weighted by Crippen LogP contribution is -2.31. The van der Waals surface area contributed by atoms with E-state index in [1.54, 1.807) is 0 Å². The van der Waals surface area contributed by atoms with Crippen molar-refractivity contribution in [3.05, 3.63) is 0 Å². The summed E-state index contributed by atoms with van der Waals surface area (Å²) in [7, 11) is 0. The summed E-state index contributed by atoms with van der Waals surface area (Å²) in [5.74, 6) is 0.605. The fourth-order valence-electron chi connectivity index (χ4n) is 1.09. The van der Waals surface area contributed by atoms with Crippen molar-refractivity contribution in [2.45, 2.75) is 39.1 Å². The highest BCUT2D eigenvalue weighted by Crippen LogP contribution is 2.22. The highest BCUT2D eigenvalue weighted by atomic mass is 16.6. The van der Waals surface area contributed by atoms with Crippen molar-refractivity contribution < 1.29 is 9.84 Å². The molecule has 3 atom stereocenters. The first kappa shape index (κ1) is 7.03. The van der Waals surface area contributed by atoms with Crippen LogP contribution < -0.4 is 0 Å². The molecule has 0 aromatic heterocycles. The Balaban J connectivity index is 2.35. The number of hydrogen-bond acceptors (Lipinski definition) is 2. The second-order valence-corrected chi connectivity index (χ2v) is 2.85. The molecule has 0 aliphatic carbocycles. The molecule has 1 rings (SSSR count). The van der Waals surface area contributed by atoms with Crippen molar-refractivity contribution >= 4 is 0 Å². The van der Waals surface area contributed by atoms with E-state index in [1.807, 2.05) is 6.92 Å². The van der Waals surface area contributed by atoms with Crippen LogP contribution in [0, 0.1) is 5.92 Å². The molecule has 9 heavy (non-hydrogen) atoms. The van der Waals surface area contributed by atoms with Crippen molar-refractivity contribution in [2.24, 2.45) is 5.92 Å². The van der Waals surface area contributed by atoms with Gasteiger partial charge in [-0.1, -0.05) is 6.92 Å². The second kappa shape index (κ2) is 2.67. The topological polar surface area (TPSA) is 29.5 Å². The quantitative estimate of drug-likeness (QED) is 0.533. The van der Waals surface area contributed by atoms with Gasteiger partial charge in [-0.15, -0.1) is 0 Å². The Morgan fingerprint density at radius 1 is 1.33 bits per heavy atom. The van der Waals surface area contributed by atoms with Crippen molar-refractivity contribution in [2.75, 3.05) is 0 Å². The maximum atomic E-state index is 8.98. The van der Waals surface area contributed by atoms with Gasteiger partial charge in [0, 0.05) is 0 Å². The van der Waals surface area contributed by atoms with Crippen molar-refractivity contribution in [3.63, 3.8) is 0 Å². The Kier molecular flexibility index (Phi) is 2.09. The molecule has 1 fully saturated rings. The number of hydrogen-bond donors (Lipinski definition) is 1. The number of rotatable bonds is 0. The van der Waals surface area contributed by atoms with Crippen LogP contribution in [0.5, 0.6) is 0 Å². The fraction of sp³-hybridized carbons (Fsp3) is 1.00. The van der Waals surface area contributed by atoms with Gasteiger partial charge in [-0.2, -0.15) is 0 Å². The Morgan fingerprint density at radius 3 is 2.44 bits per heavy atom. The minimum absolute atomic E-state index is 0.230. The van der Waals surface area contributed by atoms with Gasteiger partial charge in [0.2, 0.25) is 0 Å². The SMILES string of the molecule is C[C@H]1CCC(O)O[C@@H]1C. The Morgan fingerprint density at radius 2 is 2.00 bits per heavy atom. The van der Waals surface area contributed by atoms with E-state index in [9.17, 15) is 0 Å². The average Bonchev–Trinajstić information content (AvgIpc) is 1.80. The summed E-state index contributed by atoms with van der Waals surface area (Å²) >= 11 is 0. The molecular weight excluding hydrogens is 116 g/mol. The molecule has 54 valence electrons. The minimum Gasteiger partial charge on any atom is -0.368 e. The van der Waals surface area contributed by atoms with Gasteiger partial charge >= 0.3 is 0 Å². The monoisotopic (exact) mass is 130 g/mol. The second-order valence-electron chi connectivity index (χ2n) is 2.85. The van der Waals surface area contributed by atoms with Crippen LogP contribution in [-0.2, 0) is 4.74 Å². The lowest BCUT2D eigenvalue weighted by atomic mass is 9.97. The first-order chi connectivity index (χ1) is 4.20. The van der Waals surface area contributed by atoms with Gasteiger partial charge in [0.25, 0.3) is 0 Å². The van der Waals surface area contributed by atoms with E-state index in [4.69, 9.17) is 9.84 Å². The third kappa shape index (κ3) is 1.66. The predicted molar refractivity (Wildman–Crippen MR) is 35.0 cm³/mol. The molecule has 1 heterocycles. The van der Waals surface area contributed by atoms with Crippen LogP contribution in [0.3, 0.4) is 0 Å². The van der Waals surface area contributed by atoms with Crippen molar-refractivity contribution in [1.29, 1.82) is 0 Å². The maximum absolute atomic E-state index is 8.98. The largest absolute Gasteiger partial charge is 0.368 e. The summed E-state index contributed by atoms with van der Waals surface area (Å²) in [6.45, 7) is 4.16. The van der Waals surface area contributed by atoms with Crippen LogP contribution in [0.1, 0.15) is 26.7 Å². The smallest absolute Gasteiger partial charge is 0.154 e. The minimum atomic E-state index is -0.504. The molecule has 0 aromatic rings. The molecule has 2 nitrogen and oxygen atoms in total. The molecule has 1 N–H and O–H groups in total. The normalized spacial score (nSPS) is 45.0. The maximum Gasteiger partial charge on any atom is 0.154 e. The van der Waals surface area contributed by atoms with Gasteiger partial charge in [-0.05, 0) is 25.7 Å². The van der Waals surface area contributed by atoms with Crippen LogP contribution >= 0.6 is 0 Å². The van der Waals surface area contributed by atoms with E-state index < -0.39 is 6.29 Å². The summed E-state index contributed by atoms with van der Waals surface area (Å²) in [5.41, 5.74) is 0. The van der Waals surface area contributed by atoms with E-state index in [0.717, 1.165) is 12.8 Å². The molecule has 1 aliphatic heterocycles. The zero-order chi connectivity index (χ0) is 6.85. The molecule has 0 bridgehead atoms. The van der Waals surface area contributed by atoms with Crippen LogP contribution in [0.15, 0.2) is 0 Å². The van der Waals surface area contributed by atoms with Gasteiger partial charge in [-0.25, -0.2) is 0 Å². The first-order valence-electron chi connectivity index (χ1n) is 3.53. The third-order valence-corrected chi connectivity index (χ3v) is 2.04. The zero-order valence-electron chi connectivity index (χ0n) is 6.00. The number of ether oxygens (including phenoxy) is 1. The molecule has 0 saturated carbocycles. The molecule has 1 saturated heterocycles. The van der Waals surface area contributed by atoms with Crippen LogP contribution in [0.2, 0.25) is 0 Å². The predicted octanol–water partition coefficient (Wildman–Crippen LogP) is 1.14.